The monoisotopic (exact) mass is 312 g/mol. The number of carbonyl (C=O) groups excluding carboxylic acids is 1. The molecular weight excluding hydrogens is 276 g/mol. The molecule has 3 nitrogen and oxygen atoms in total. The number of carbonyl (C=O) groups is 1. The normalized spacial score (nSPS) is 22.0. The largest absolute Gasteiger partial charge is 0.466 e. The van der Waals surface area contributed by atoms with Crippen LogP contribution in [-0.2, 0) is 14.3 Å². The molecule has 1 rings (SSSR count). The molecular formula is C19H36O3. The third kappa shape index (κ3) is 8.77. The van der Waals surface area contributed by atoms with Crippen LogP contribution in [0.4, 0.5) is 0 Å². The molecule has 0 spiro atoms. The average Bonchev–Trinajstić information content (AvgIpc) is 2.53. The van der Waals surface area contributed by atoms with Crippen LogP contribution in [0, 0.1) is 5.92 Å². The first-order valence-electron chi connectivity index (χ1n) is 9.56. The summed E-state index contributed by atoms with van der Waals surface area (Å²) in [7, 11) is 0. The second-order valence-electron chi connectivity index (χ2n) is 6.57. The van der Waals surface area contributed by atoms with E-state index in [1.54, 1.807) is 0 Å². The molecule has 1 aliphatic heterocycles. The molecule has 0 amide bonds. The summed E-state index contributed by atoms with van der Waals surface area (Å²) in [6.45, 7) is 5.44. The van der Waals surface area contributed by atoms with E-state index in [0.29, 0.717) is 12.7 Å². The molecule has 1 saturated heterocycles. The van der Waals surface area contributed by atoms with Gasteiger partial charge in [0, 0.05) is 6.61 Å². The summed E-state index contributed by atoms with van der Waals surface area (Å²) in [6, 6.07) is 0. The van der Waals surface area contributed by atoms with Gasteiger partial charge < -0.3 is 9.47 Å². The minimum Gasteiger partial charge on any atom is -0.466 e. The third-order valence-corrected chi connectivity index (χ3v) is 4.64. The number of esters is 1. The Morgan fingerprint density at radius 2 is 1.82 bits per heavy atom. The molecule has 0 N–H and O–H groups in total. The van der Waals surface area contributed by atoms with Crippen LogP contribution in [0.3, 0.4) is 0 Å². The molecule has 2 unspecified atom stereocenters. The Morgan fingerprint density at radius 3 is 2.55 bits per heavy atom. The Hall–Kier alpha value is -0.570. The van der Waals surface area contributed by atoms with E-state index in [0.717, 1.165) is 45.1 Å². The van der Waals surface area contributed by atoms with E-state index in [9.17, 15) is 4.79 Å². The quantitative estimate of drug-likeness (QED) is 0.573. The minimum absolute atomic E-state index is 0.00387. The maximum absolute atomic E-state index is 12.1. The number of hydrogen-bond acceptors (Lipinski definition) is 3. The van der Waals surface area contributed by atoms with Crippen LogP contribution in [0.1, 0.15) is 90.9 Å². The highest BCUT2D eigenvalue weighted by Gasteiger charge is 2.21. The maximum atomic E-state index is 12.1. The zero-order valence-electron chi connectivity index (χ0n) is 14.8. The van der Waals surface area contributed by atoms with Crippen LogP contribution in [-0.4, -0.2) is 25.3 Å². The van der Waals surface area contributed by atoms with Crippen molar-refractivity contribution in [1.82, 2.24) is 0 Å². The van der Waals surface area contributed by atoms with E-state index in [-0.39, 0.29) is 11.9 Å². The van der Waals surface area contributed by atoms with Gasteiger partial charge in [-0.3, -0.25) is 4.79 Å². The van der Waals surface area contributed by atoms with Gasteiger partial charge in [-0.05, 0) is 39.0 Å². The van der Waals surface area contributed by atoms with Crippen molar-refractivity contribution in [2.24, 2.45) is 5.92 Å². The van der Waals surface area contributed by atoms with Crippen molar-refractivity contribution in [2.45, 2.75) is 97.0 Å². The first-order valence-corrected chi connectivity index (χ1v) is 9.56. The topological polar surface area (TPSA) is 35.5 Å². The first-order chi connectivity index (χ1) is 10.8. The Labute approximate surface area is 137 Å². The van der Waals surface area contributed by atoms with Gasteiger partial charge in [-0.2, -0.15) is 0 Å². The zero-order valence-corrected chi connectivity index (χ0v) is 14.8. The molecule has 0 aliphatic carbocycles. The summed E-state index contributed by atoms with van der Waals surface area (Å²) in [4.78, 5) is 12.1. The second-order valence-corrected chi connectivity index (χ2v) is 6.57. The van der Waals surface area contributed by atoms with Gasteiger partial charge in [-0.15, -0.1) is 0 Å². The predicted molar refractivity (Wildman–Crippen MR) is 90.9 cm³/mol. The fourth-order valence-electron chi connectivity index (χ4n) is 3.22. The molecule has 2 atom stereocenters. The fourth-order valence-corrected chi connectivity index (χ4v) is 3.22. The van der Waals surface area contributed by atoms with Crippen LogP contribution in [0.2, 0.25) is 0 Å². The molecule has 1 aliphatic rings. The maximum Gasteiger partial charge on any atom is 0.308 e. The highest BCUT2D eigenvalue weighted by Crippen LogP contribution is 2.22. The van der Waals surface area contributed by atoms with Gasteiger partial charge in [0.05, 0.1) is 18.6 Å². The van der Waals surface area contributed by atoms with Gasteiger partial charge in [-0.1, -0.05) is 51.9 Å². The molecule has 3 heteroatoms. The molecule has 0 saturated carbocycles. The van der Waals surface area contributed by atoms with E-state index in [1.807, 2.05) is 6.92 Å². The van der Waals surface area contributed by atoms with Gasteiger partial charge in [0.15, 0.2) is 0 Å². The van der Waals surface area contributed by atoms with Crippen molar-refractivity contribution in [3.63, 3.8) is 0 Å². The predicted octanol–water partition coefficient (Wildman–Crippen LogP) is 5.27. The summed E-state index contributed by atoms with van der Waals surface area (Å²) in [5, 5.41) is 0. The SMILES string of the molecule is CCCCC(CCC1CCCCCCCCO1)C(=O)OCC. The summed E-state index contributed by atoms with van der Waals surface area (Å²) >= 11 is 0. The lowest BCUT2D eigenvalue weighted by Crippen LogP contribution is -2.22. The van der Waals surface area contributed by atoms with Crippen LogP contribution in [0.25, 0.3) is 0 Å². The van der Waals surface area contributed by atoms with Crippen LogP contribution < -0.4 is 0 Å². The number of rotatable bonds is 8. The first kappa shape index (κ1) is 19.5. The van der Waals surface area contributed by atoms with Crippen LogP contribution >= 0.6 is 0 Å². The number of unbranched alkanes of at least 4 members (excludes halogenated alkanes) is 1. The highest BCUT2D eigenvalue weighted by atomic mass is 16.5. The Bertz CT molecular complexity index is 268. The van der Waals surface area contributed by atoms with Crippen LogP contribution in [0.15, 0.2) is 0 Å². The van der Waals surface area contributed by atoms with E-state index < -0.39 is 0 Å². The van der Waals surface area contributed by atoms with Gasteiger partial charge in [0.25, 0.3) is 0 Å². The zero-order chi connectivity index (χ0) is 16.0. The van der Waals surface area contributed by atoms with E-state index in [1.165, 1.54) is 38.5 Å². The van der Waals surface area contributed by atoms with E-state index in [4.69, 9.17) is 9.47 Å². The molecule has 0 aromatic carbocycles. The van der Waals surface area contributed by atoms with Crippen molar-refractivity contribution in [3.05, 3.63) is 0 Å². The number of hydrogen-bond donors (Lipinski definition) is 0. The Morgan fingerprint density at radius 1 is 1.09 bits per heavy atom. The van der Waals surface area contributed by atoms with E-state index >= 15 is 0 Å². The third-order valence-electron chi connectivity index (χ3n) is 4.64. The Kier molecular flexibility index (Phi) is 11.4. The summed E-state index contributed by atoms with van der Waals surface area (Å²) in [6.07, 6.45) is 14.4. The molecule has 0 bridgehead atoms. The van der Waals surface area contributed by atoms with Crippen molar-refractivity contribution >= 4 is 5.97 Å². The molecule has 0 radical (unpaired) electrons. The highest BCUT2D eigenvalue weighted by molar-refractivity contribution is 5.72. The fraction of sp³-hybridized carbons (Fsp3) is 0.947. The van der Waals surface area contributed by atoms with Crippen molar-refractivity contribution in [1.29, 1.82) is 0 Å². The minimum atomic E-state index is -0.00387. The molecule has 130 valence electrons. The summed E-state index contributed by atoms with van der Waals surface area (Å²) < 4.78 is 11.3. The van der Waals surface area contributed by atoms with E-state index in [2.05, 4.69) is 6.92 Å². The summed E-state index contributed by atoms with van der Waals surface area (Å²) in [5.74, 6) is 0.0646. The van der Waals surface area contributed by atoms with Crippen molar-refractivity contribution < 1.29 is 14.3 Å². The van der Waals surface area contributed by atoms with Gasteiger partial charge in [0.2, 0.25) is 0 Å². The lowest BCUT2D eigenvalue weighted by molar-refractivity contribution is -0.148. The molecule has 22 heavy (non-hydrogen) atoms. The van der Waals surface area contributed by atoms with Gasteiger partial charge in [0.1, 0.15) is 0 Å². The number of ether oxygens (including phenoxy) is 2. The lowest BCUT2D eigenvalue weighted by atomic mass is 9.93. The molecule has 0 aromatic heterocycles. The molecule has 1 fully saturated rings. The second kappa shape index (κ2) is 12.9. The summed E-state index contributed by atoms with van der Waals surface area (Å²) in [5.41, 5.74) is 0. The molecule has 1 heterocycles. The average molecular weight is 312 g/mol. The standard InChI is InChI=1S/C19H36O3/c1-3-5-12-17(19(20)21-4-2)14-15-18-13-10-8-6-7-9-11-16-22-18/h17-18H,3-16H2,1-2H3. The van der Waals surface area contributed by atoms with Gasteiger partial charge in [-0.25, -0.2) is 0 Å². The Balaban J connectivity index is 2.39. The molecule has 0 aromatic rings. The van der Waals surface area contributed by atoms with Crippen molar-refractivity contribution in [2.75, 3.05) is 13.2 Å². The lowest BCUT2D eigenvalue weighted by Gasteiger charge is -2.22. The van der Waals surface area contributed by atoms with Crippen molar-refractivity contribution in [3.8, 4) is 0 Å². The van der Waals surface area contributed by atoms with Gasteiger partial charge >= 0.3 is 5.97 Å². The smallest absolute Gasteiger partial charge is 0.308 e. The van der Waals surface area contributed by atoms with Crippen LogP contribution in [0.5, 0.6) is 0 Å².